The summed E-state index contributed by atoms with van der Waals surface area (Å²) in [5.41, 5.74) is 2.33. The Morgan fingerprint density at radius 2 is 2.10 bits per heavy atom. The number of carbonyl (C=O) groups is 1. The maximum Gasteiger partial charge on any atom is 0.255 e. The molecule has 0 unspecified atom stereocenters. The highest BCUT2D eigenvalue weighted by Gasteiger charge is 2.18. The molecule has 1 aromatic carbocycles. The first-order valence-corrected chi connectivity index (χ1v) is 6.99. The van der Waals surface area contributed by atoms with Gasteiger partial charge in [-0.15, -0.1) is 0 Å². The summed E-state index contributed by atoms with van der Waals surface area (Å²) in [5.74, 6) is 5.90. The van der Waals surface area contributed by atoms with Crippen molar-refractivity contribution in [2.75, 3.05) is 19.7 Å². The number of benzene rings is 1. The Hall–Kier alpha value is -1.79. The molecule has 3 nitrogen and oxygen atoms in total. The number of aryl methyl sites for hydroxylation is 1. The number of aliphatic hydroxyl groups is 1. The van der Waals surface area contributed by atoms with Crippen LogP contribution in [-0.2, 0) is 0 Å². The van der Waals surface area contributed by atoms with E-state index in [0.717, 1.165) is 12.1 Å². The van der Waals surface area contributed by atoms with Gasteiger partial charge in [-0.25, -0.2) is 0 Å². The van der Waals surface area contributed by atoms with E-state index in [-0.39, 0.29) is 12.5 Å². The monoisotopic (exact) mass is 273 g/mol. The van der Waals surface area contributed by atoms with Crippen LogP contribution in [0.25, 0.3) is 0 Å². The molecule has 1 rings (SSSR count). The zero-order valence-corrected chi connectivity index (χ0v) is 12.7. The van der Waals surface area contributed by atoms with Gasteiger partial charge in [0.2, 0.25) is 0 Å². The van der Waals surface area contributed by atoms with Gasteiger partial charge in [0, 0.05) is 18.7 Å². The van der Waals surface area contributed by atoms with Crippen molar-refractivity contribution < 1.29 is 9.90 Å². The molecule has 3 heteroatoms. The van der Waals surface area contributed by atoms with Crippen molar-refractivity contribution in [3.63, 3.8) is 0 Å². The number of amides is 1. The van der Waals surface area contributed by atoms with Crippen molar-refractivity contribution in [2.24, 2.45) is 5.92 Å². The molecule has 0 fully saturated rings. The molecule has 0 bridgehead atoms. The Kier molecular flexibility index (Phi) is 6.27. The minimum atomic E-state index is -0.203. The Morgan fingerprint density at radius 3 is 2.65 bits per heavy atom. The fraction of sp³-hybridized carbons (Fsp3) is 0.471. The predicted molar refractivity (Wildman–Crippen MR) is 81.6 cm³/mol. The summed E-state index contributed by atoms with van der Waals surface area (Å²) in [7, 11) is 0. The zero-order valence-electron chi connectivity index (χ0n) is 12.7. The second kappa shape index (κ2) is 7.72. The standard InChI is InChI=1S/C17H23NO2/c1-5-18(12-13(2)3)17(20)16-11-14(4)8-9-15(16)7-6-10-19/h8-9,11,13,19H,5,10,12H2,1-4H3. The lowest BCUT2D eigenvalue weighted by Gasteiger charge is -2.23. The largest absolute Gasteiger partial charge is 0.384 e. The summed E-state index contributed by atoms with van der Waals surface area (Å²) in [5, 5.41) is 8.82. The summed E-state index contributed by atoms with van der Waals surface area (Å²) in [4.78, 5) is 14.5. The molecule has 1 N–H and O–H groups in total. The molecular weight excluding hydrogens is 250 g/mol. The fourth-order valence-electron chi connectivity index (χ4n) is 2.05. The average molecular weight is 273 g/mol. The van der Waals surface area contributed by atoms with Crippen molar-refractivity contribution in [3.05, 3.63) is 34.9 Å². The summed E-state index contributed by atoms with van der Waals surface area (Å²) >= 11 is 0. The zero-order chi connectivity index (χ0) is 15.1. The SMILES string of the molecule is CCN(CC(C)C)C(=O)c1cc(C)ccc1C#CCO. The third kappa shape index (κ3) is 4.40. The van der Waals surface area contributed by atoms with Crippen LogP contribution in [0.5, 0.6) is 0 Å². The van der Waals surface area contributed by atoms with Crippen molar-refractivity contribution in [3.8, 4) is 11.8 Å². The number of aliphatic hydroxyl groups excluding tert-OH is 1. The van der Waals surface area contributed by atoms with E-state index >= 15 is 0 Å². The molecule has 108 valence electrons. The van der Waals surface area contributed by atoms with Crippen LogP contribution in [0.3, 0.4) is 0 Å². The number of hydrogen-bond donors (Lipinski definition) is 1. The lowest BCUT2D eigenvalue weighted by Crippen LogP contribution is -2.34. The van der Waals surface area contributed by atoms with E-state index in [9.17, 15) is 4.79 Å². The second-order valence-electron chi connectivity index (χ2n) is 5.25. The smallest absolute Gasteiger partial charge is 0.255 e. The molecular formula is C17H23NO2. The summed E-state index contributed by atoms with van der Waals surface area (Å²) < 4.78 is 0. The van der Waals surface area contributed by atoms with Gasteiger partial charge < -0.3 is 10.0 Å². The lowest BCUT2D eigenvalue weighted by atomic mass is 10.0. The average Bonchev–Trinajstić information content (AvgIpc) is 2.42. The van der Waals surface area contributed by atoms with Gasteiger partial charge in [0.15, 0.2) is 0 Å². The Morgan fingerprint density at radius 1 is 1.40 bits per heavy atom. The molecule has 0 atom stereocenters. The van der Waals surface area contributed by atoms with E-state index in [1.165, 1.54) is 0 Å². The van der Waals surface area contributed by atoms with E-state index in [0.29, 0.717) is 23.6 Å². The Bertz CT molecular complexity index is 524. The third-order valence-electron chi connectivity index (χ3n) is 2.96. The second-order valence-corrected chi connectivity index (χ2v) is 5.25. The van der Waals surface area contributed by atoms with Crippen molar-refractivity contribution in [2.45, 2.75) is 27.7 Å². The maximum absolute atomic E-state index is 12.6. The lowest BCUT2D eigenvalue weighted by molar-refractivity contribution is 0.0745. The molecule has 0 heterocycles. The van der Waals surface area contributed by atoms with E-state index in [1.54, 1.807) is 0 Å². The van der Waals surface area contributed by atoms with Gasteiger partial charge in [-0.2, -0.15) is 0 Å². The molecule has 0 spiro atoms. The molecule has 0 saturated heterocycles. The summed E-state index contributed by atoms with van der Waals surface area (Å²) in [6.45, 7) is 9.34. The summed E-state index contributed by atoms with van der Waals surface area (Å²) in [6, 6.07) is 5.64. The van der Waals surface area contributed by atoms with E-state index in [1.807, 2.05) is 36.9 Å². The number of carbonyl (C=O) groups excluding carboxylic acids is 1. The van der Waals surface area contributed by atoms with E-state index in [4.69, 9.17) is 5.11 Å². The van der Waals surface area contributed by atoms with Gasteiger partial charge in [-0.1, -0.05) is 37.3 Å². The molecule has 20 heavy (non-hydrogen) atoms. The molecule has 1 amide bonds. The van der Waals surface area contributed by atoms with Crippen LogP contribution < -0.4 is 0 Å². The van der Waals surface area contributed by atoms with Crippen molar-refractivity contribution in [1.29, 1.82) is 0 Å². The van der Waals surface area contributed by atoms with Crippen LogP contribution in [-0.4, -0.2) is 35.6 Å². The summed E-state index contributed by atoms with van der Waals surface area (Å²) in [6.07, 6.45) is 0. The topological polar surface area (TPSA) is 40.5 Å². The number of rotatable bonds is 4. The highest BCUT2D eigenvalue weighted by molar-refractivity contribution is 5.97. The van der Waals surface area contributed by atoms with Crippen molar-refractivity contribution in [1.82, 2.24) is 4.90 Å². The van der Waals surface area contributed by atoms with Crippen LogP contribution in [0, 0.1) is 24.7 Å². The van der Waals surface area contributed by atoms with Crippen LogP contribution in [0.4, 0.5) is 0 Å². The first-order valence-electron chi connectivity index (χ1n) is 6.99. The van der Waals surface area contributed by atoms with Gasteiger partial charge in [0.05, 0.1) is 5.56 Å². The molecule has 1 aromatic rings. The Balaban J connectivity index is 3.15. The van der Waals surface area contributed by atoms with Gasteiger partial charge in [0.25, 0.3) is 5.91 Å². The molecule has 0 saturated carbocycles. The predicted octanol–water partition coefficient (Wildman–Crippen LogP) is 2.46. The molecule has 0 aliphatic carbocycles. The van der Waals surface area contributed by atoms with Gasteiger partial charge in [-0.05, 0) is 31.9 Å². The highest BCUT2D eigenvalue weighted by Crippen LogP contribution is 2.14. The minimum Gasteiger partial charge on any atom is -0.384 e. The Labute approximate surface area is 121 Å². The first-order chi connectivity index (χ1) is 9.49. The van der Waals surface area contributed by atoms with Crippen LogP contribution in [0.2, 0.25) is 0 Å². The third-order valence-corrected chi connectivity index (χ3v) is 2.96. The minimum absolute atomic E-state index is 0.00661. The molecule has 0 radical (unpaired) electrons. The van der Waals surface area contributed by atoms with Crippen LogP contribution >= 0.6 is 0 Å². The van der Waals surface area contributed by atoms with Crippen LogP contribution in [0.15, 0.2) is 18.2 Å². The first kappa shape index (κ1) is 16.3. The quantitative estimate of drug-likeness (QED) is 0.856. The number of hydrogen-bond acceptors (Lipinski definition) is 2. The maximum atomic E-state index is 12.6. The van der Waals surface area contributed by atoms with Gasteiger partial charge >= 0.3 is 0 Å². The highest BCUT2D eigenvalue weighted by atomic mass is 16.2. The van der Waals surface area contributed by atoms with Crippen LogP contribution in [0.1, 0.15) is 42.3 Å². The normalized spacial score (nSPS) is 10.1. The fourth-order valence-corrected chi connectivity index (χ4v) is 2.05. The molecule has 0 aromatic heterocycles. The molecule has 0 aliphatic heterocycles. The molecule has 0 aliphatic rings. The number of nitrogens with zero attached hydrogens (tertiary/aromatic N) is 1. The van der Waals surface area contributed by atoms with Gasteiger partial charge in [-0.3, -0.25) is 4.79 Å². The van der Waals surface area contributed by atoms with E-state index in [2.05, 4.69) is 25.7 Å². The van der Waals surface area contributed by atoms with Crippen molar-refractivity contribution >= 4 is 5.91 Å². The van der Waals surface area contributed by atoms with E-state index < -0.39 is 0 Å². The van der Waals surface area contributed by atoms with Gasteiger partial charge in [0.1, 0.15) is 6.61 Å².